The average molecular weight is 267 g/mol. The van der Waals surface area contributed by atoms with Crippen LogP contribution in [0.4, 0.5) is 0 Å². The van der Waals surface area contributed by atoms with Gasteiger partial charge in [0.1, 0.15) is 12.7 Å². The summed E-state index contributed by atoms with van der Waals surface area (Å²) >= 11 is 0. The van der Waals surface area contributed by atoms with Crippen molar-refractivity contribution in [2.75, 3.05) is 13.1 Å². The molecule has 5 heteroatoms. The zero-order valence-corrected chi connectivity index (χ0v) is 11.2. The molecule has 1 aromatic carbocycles. The van der Waals surface area contributed by atoms with Crippen LogP contribution in [-0.2, 0) is 6.54 Å². The monoisotopic (exact) mass is 267 g/mol. The number of benzene rings is 1. The molecule has 1 aliphatic rings. The number of nitrogens with zero attached hydrogens (tertiary/aromatic N) is 4. The Kier molecular flexibility index (Phi) is 2.77. The van der Waals surface area contributed by atoms with Crippen molar-refractivity contribution in [1.29, 1.82) is 0 Å². The molecule has 4 rings (SSSR count). The second-order valence-electron chi connectivity index (χ2n) is 5.44. The molecule has 1 fully saturated rings. The van der Waals surface area contributed by atoms with Crippen molar-refractivity contribution in [3.8, 4) is 5.69 Å². The molecule has 0 bridgehead atoms. The number of hydrogen-bond donors (Lipinski definition) is 1. The lowest BCUT2D eigenvalue weighted by Crippen LogP contribution is -2.13. The fourth-order valence-electron chi connectivity index (χ4n) is 2.97. The maximum atomic E-state index is 3.87. The average Bonchev–Trinajstić information content (AvgIpc) is 3.20. The maximum Gasteiger partial charge on any atom is 0.123 e. The molecule has 102 valence electrons. The van der Waals surface area contributed by atoms with E-state index < -0.39 is 0 Å². The van der Waals surface area contributed by atoms with E-state index in [0.29, 0.717) is 0 Å². The van der Waals surface area contributed by atoms with Crippen LogP contribution in [0.1, 0.15) is 6.42 Å². The van der Waals surface area contributed by atoms with Gasteiger partial charge in [-0.05, 0) is 49.0 Å². The molecular formula is C15H17N5. The highest BCUT2D eigenvalue weighted by Gasteiger charge is 2.15. The Morgan fingerprint density at radius 3 is 2.90 bits per heavy atom. The van der Waals surface area contributed by atoms with Crippen molar-refractivity contribution in [2.24, 2.45) is 5.92 Å². The van der Waals surface area contributed by atoms with Gasteiger partial charge in [0, 0.05) is 12.7 Å². The summed E-state index contributed by atoms with van der Waals surface area (Å²) in [5.74, 6) is 0.740. The Bertz CT molecular complexity index is 707. The van der Waals surface area contributed by atoms with E-state index in [-0.39, 0.29) is 0 Å². The smallest absolute Gasteiger partial charge is 0.123 e. The Labute approximate surface area is 117 Å². The molecule has 1 atom stereocenters. The van der Waals surface area contributed by atoms with Gasteiger partial charge in [0.05, 0.1) is 11.2 Å². The molecule has 1 saturated heterocycles. The normalized spacial score (nSPS) is 18.9. The van der Waals surface area contributed by atoms with E-state index in [1.807, 2.05) is 4.57 Å². The second-order valence-corrected chi connectivity index (χ2v) is 5.44. The maximum absolute atomic E-state index is 3.87. The van der Waals surface area contributed by atoms with Crippen LogP contribution in [0.2, 0.25) is 0 Å². The summed E-state index contributed by atoms with van der Waals surface area (Å²) in [5, 5.41) is 12.5. The molecule has 1 unspecified atom stereocenters. The molecule has 2 aromatic heterocycles. The topological polar surface area (TPSA) is 47.7 Å². The largest absolute Gasteiger partial charge is 0.347 e. The molecule has 0 radical (unpaired) electrons. The highest BCUT2D eigenvalue weighted by molar-refractivity contribution is 5.82. The van der Waals surface area contributed by atoms with Crippen LogP contribution < -0.4 is 5.32 Å². The summed E-state index contributed by atoms with van der Waals surface area (Å²) < 4.78 is 4.30. The molecule has 0 amide bonds. The van der Waals surface area contributed by atoms with Crippen LogP contribution >= 0.6 is 0 Å². The highest BCUT2D eigenvalue weighted by atomic mass is 15.2. The van der Waals surface area contributed by atoms with Crippen LogP contribution in [0, 0.1) is 5.92 Å². The van der Waals surface area contributed by atoms with Gasteiger partial charge in [0.2, 0.25) is 0 Å². The van der Waals surface area contributed by atoms with E-state index in [9.17, 15) is 0 Å². The fraction of sp³-hybridized carbons (Fsp3) is 0.333. The molecule has 20 heavy (non-hydrogen) atoms. The SMILES string of the molecule is c1cc2ccn(CC3CCNC3)c2cc1-n1cnnc1. The second kappa shape index (κ2) is 4.76. The van der Waals surface area contributed by atoms with E-state index in [4.69, 9.17) is 0 Å². The van der Waals surface area contributed by atoms with E-state index >= 15 is 0 Å². The van der Waals surface area contributed by atoms with Crippen LogP contribution in [0.25, 0.3) is 16.6 Å². The molecule has 1 N–H and O–H groups in total. The third kappa shape index (κ3) is 2.00. The van der Waals surface area contributed by atoms with Gasteiger partial charge in [0.25, 0.3) is 0 Å². The first-order valence-corrected chi connectivity index (χ1v) is 7.05. The lowest BCUT2D eigenvalue weighted by atomic mass is 10.1. The van der Waals surface area contributed by atoms with Crippen molar-refractivity contribution >= 4 is 10.9 Å². The Hall–Kier alpha value is -2.14. The predicted molar refractivity (Wildman–Crippen MR) is 77.8 cm³/mol. The van der Waals surface area contributed by atoms with Crippen LogP contribution in [0.5, 0.6) is 0 Å². The summed E-state index contributed by atoms with van der Waals surface area (Å²) in [7, 11) is 0. The summed E-state index contributed by atoms with van der Waals surface area (Å²) in [6, 6.07) is 8.66. The first-order valence-electron chi connectivity index (χ1n) is 7.05. The number of aromatic nitrogens is 4. The zero-order valence-electron chi connectivity index (χ0n) is 11.2. The number of fused-ring (bicyclic) bond motifs is 1. The summed E-state index contributed by atoms with van der Waals surface area (Å²) in [5.41, 5.74) is 2.38. The van der Waals surface area contributed by atoms with Crippen LogP contribution in [-0.4, -0.2) is 32.4 Å². The van der Waals surface area contributed by atoms with E-state index in [2.05, 4.69) is 50.5 Å². The van der Waals surface area contributed by atoms with Gasteiger partial charge in [0.15, 0.2) is 0 Å². The molecule has 3 aromatic rings. The quantitative estimate of drug-likeness (QED) is 0.787. The molecule has 3 heterocycles. The molecule has 5 nitrogen and oxygen atoms in total. The summed E-state index contributed by atoms with van der Waals surface area (Å²) in [6.07, 6.45) is 6.93. The Balaban J connectivity index is 1.72. The fourth-order valence-corrected chi connectivity index (χ4v) is 2.97. The summed E-state index contributed by atoms with van der Waals surface area (Å²) in [4.78, 5) is 0. The van der Waals surface area contributed by atoms with E-state index in [1.54, 1.807) is 12.7 Å². The molecule has 0 aliphatic carbocycles. The van der Waals surface area contributed by atoms with Crippen LogP contribution in [0.15, 0.2) is 43.1 Å². The van der Waals surface area contributed by atoms with Crippen LogP contribution in [0.3, 0.4) is 0 Å². The van der Waals surface area contributed by atoms with E-state index in [0.717, 1.165) is 31.2 Å². The Morgan fingerprint density at radius 1 is 1.20 bits per heavy atom. The summed E-state index contributed by atoms with van der Waals surface area (Å²) in [6.45, 7) is 3.36. The minimum Gasteiger partial charge on any atom is -0.347 e. The Morgan fingerprint density at radius 2 is 2.10 bits per heavy atom. The molecule has 0 spiro atoms. The van der Waals surface area contributed by atoms with Gasteiger partial charge in [-0.25, -0.2) is 0 Å². The first kappa shape index (κ1) is 11.7. The van der Waals surface area contributed by atoms with Gasteiger partial charge >= 0.3 is 0 Å². The standard InChI is InChI=1S/C15H17N5/c1-2-14(20-10-17-18-11-20)7-15-13(1)4-6-19(15)9-12-3-5-16-8-12/h1-2,4,6-7,10-12,16H,3,5,8-9H2. The van der Waals surface area contributed by atoms with Gasteiger partial charge in [-0.3, -0.25) is 4.57 Å². The van der Waals surface area contributed by atoms with Gasteiger partial charge in [-0.15, -0.1) is 10.2 Å². The van der Waals surface area contributed by atoms with Crippen molar-refractivity contribution in [3.63, 3.8) is 0 Å². The van der Waals surface area contributed by atoms with Gasteiger partial charge in [-0.1, -0.05) is 6.07 Å². The van der Waals surface area contributed by atoms with Crippen molar-refractivity contribution in [3.05, 3.63) is 43.1 Å². The van der Waals surface area contributed by atoms with E-state index in [1.165, 1.54) is 17.3 Å². The molecular weight excluding hydrogens is 250 g/mol. The van der Waals surface area contributed by atoms with Crippen molar-refractivity contribution in [2.45, 2.75) is 13.0 Å². The highest BCUT2D eigenvalue weighted by Crippen LogP contribution is 2.22. The number of rotatable bonds is 3. The van der Waals surface area contributed by atoms with Crippen molar-refractivity contribution < 1.29 is 0 Å². The third-order valence-corrected chi connectivity index (χ3v) is 4.09. The molecule has 0 saturated carbocycles. The number of nitrogens with one attached hydrogen (secondary N) is 1. The first-order chi connectivity index (χ1) is 9.90. The predicted octanol–water partition coefficient (Wildman–Crippen LogP) is 1.83. The minimum absolute atomic E-state index is 0.740. The number of hydrogen-bond acceptors (Lipinski definition) is 3. The van der Waals surface area contributed by atoms with Gasteiger partial charge in [-0.2, -0.15) is 0 Å². The lowest BCUT2D eigenvalue weighted by Gasteiger charge is -2.11. The minimum atomic E-state index is 0.740. The lowest BCUT2D eigenvalue weighted by molar-refractivity contribution is 0.491. The van der Waals surface area contributed by atoms with Gasteiger partial charge < -0.3 is 9.88 Å². The zero-order chi connectivity index (χ0) is 13.4. The third-order valence-electron chi connectivity index (χ3n) is 4.09. The molecule has 1 aliphatic heterocycles. The van der Waals surface area contributed by atoms with Crippen molar-refractivity contribution in [1.82, 2.24) is 24.6 Å².